The number of hydrogen-bond donors (Lipinski definition) is 3. The number of benzene rings is 1. The van der Waals surface area contributed by atoms with Crippen molar-refractivity contribution in [3.63, 3.8) is 0 Å². The van der Waals surface area contributed by atoms with Gasteiger partial charge in [0.25, 0.3) is 0 Å². The fraction of sp³-hybridized carbons (Fsp3) is 0.562. The molecule has 0 fully saturated rings. The van der Waals surface area contributed by atoms with Gasteiger partial charge in [0.05, 0.1) is 6.61 Å². The van der Waals surface area contributed by atoms with E-state index in [1.807, 2.05) is 30.3 Å². The lowest BCUT2D eigenvalue weighted by atomic mass is 10.0. The van der Waals surface area contributed by atoms with Crippen molar-refractivity contribution in [2.75, 3.05) is 46.9 Å². The molecule has 0 aliphatic heterocycles. The molecule has 0 spiro atoms. The quantitative estimate of drug-likeness (QED) is 0.339. The number of nitrogens with zero attached hydrogens (tertiary/aromatic N) is 2. The number of rotatable bonds is 8. The SMILES string of the molecule is CCN(C)CCNC(=NC)NCC(CO)c1ccccc1.I. The molecule has 1 aromatic rings. The van der Waals surface area contributed by atoms with E-state index in [0.29, 0.717) is 6.54 Å². The van der Waals surface area contributed by atoms with Gasteiger partial charge >= 0.3 is 0 Å². The molecular formula is C16H29IN4O. The molecule has 0 aliphatic rings. The third-order valence-electron chi connectivity index (χ3n) is 3.56. The van der Waals surface area contributed by atoms with E-state index in [1.54, 1.807) is 7.05 Å². The average molecular weight is 420 g/mol. The molecule has 5 nitrogen and oxygen atoms in total. The van der Waals surface area contributed by atoms with E-state index in [4.69, 9.17) is 0 Å². The number of nitrogens with one attached hydrogen (secondary N) is 2. The van der Waals surface area contributed by atoms with Crippen LogP contribution in [0.25, 0.3) is 0 Å². The Morgan fingerprint density at radius 2 is 1.95 bits per heavy atom. The van der Waals surface area contributed by atoms with Gasteiger partial charge in [-0.15, -0.1) is 24.0 Å². The monoisotopic (exact) mass is 420 g/mol. The minimum atomic E-state index is 0. The smallest absolute Gasteiger partial charge is 0.191 e. The number of aliphatic imine (C=N–C) groups is 1. The van der Waals surface area contributed by atoms with Gasteiger partial charge in [0.1, 0.15) is 0 Å². The molecule has 0 bridgehead atoms. The van der Waals surface area contributed by atoms with Gasteiger partial charge in [-0.1, -0.05) is 37.3 Å². The number of aliphatic hydroxyl groups is 1. The summed E-state index contributed by atoms with van der Waals surface area (Å²) in [5, 5.41) is 16.1. The molecule has 126 valence electrons. The highest BCUT2D eigenvalue weighted by molar-refractivity contribution is 14.0. The van der Waals surface area contributed by atoms with Gasteiger partial charge in [-0.2, -0.15) is 0 Å². The molecule has 0 heterocycles. The van der Waals surface area contributed by atoms with E-state index in [-0.39, 0.29) is 36.5 Å². The second kappa shape index (κ2) is 12.7. The Hall–Kier alpha value is -0.860. The largest absolute Gasteiger partial charge is 0.396 e. The highest BCUT2D eigenvalue weighted by atomic mass is 127. The lowest BCUT2D eigenvalue weighted by Crippen LogP contribution is -2.42. The third kappa shape index (κ3) is 7.95. The minimum Gasteiger partial charge on any atom is -0.396 e. The van der Waals surface area contributed by atoms with E-state index in [9.17, 15) is 5.11 Å². The lowest BCUT2D eigenvalue weighted by Gasteiger charge is -2.19. The maximum absolute atomic E-state index is 9.54. The summed E-state index contributed by atoms with van der Waals surface area (Å²) in [5.41, 5.74) is 1.13. The van der Waals surface area contributed by atoms with Gasteiger partial charge in [-0.3, -0.25) is 4.99 Å². The van der Waals surface area contributed by atoms with Crippen LogP contribution in [-0.2, 0) is 0 Å². The van der Waals surface area contributed by atoms with Crippen LogP contribution < -0.4 is 10.6 Å². The maximum atomic E-state index is 9.54. The summed E-state index contributed by atoms with van der Waals surface area (Å²) in [5.74, 6) is 0.844. The molecule has 3 N–H and O–H groups in total. The Morgan fingerprint density at radius 1 is 1.27 bits per heavy atom. The minimum absolute atomic E-state index is 0. The Labute approximate surface area is 151 Å². The molecule has 0 radical (unpaired) electrons. The first-order chi connectivity index (χ1) is 10.2. The number of likely N-dealkylation sites (N-methyl/N-ethyl adjacent to an activating group) is 1. The number of aliphatic hydroxyl groups excluding tert-OH is 1. The molecule has 0 aromatic heterocycles. The average Bonchev–Trinajstić information content (AvgIpc) is 2.54. The van der Waals surface area contributed by atoms with Crippen molar-refractivity contribution in [2.45, 2.75) is 12.8 Å². The van der Waals surface area contributed by atoms with Gasteiger partial charge in [-0.05, 0) is 19.2 Å². The summed E-state index contributed by atoms with van der Waals surface area (Å²) in [6.07, 6.45) is 0. The molecule has 0 saturated carbocycles. The highest BCUT2D eigenvalue weighted by Gasteiger charge is 2.10. The van der Waals surface area contributed by atoms with Crippen molar-refractivity contribution >= 4 is 29.9 Å². The van der Waals surface area contributed by atoms with Crippen LogP contribution in [0.1, 0.15) is 18.4 Å². The van der Waals surface area contributed by atoms with Crippen molar-refractivity contribution in [1.82, 2.24) is 15.5 Å². The van der Waals surface area contributed by atoms with Crippen LogP contribution in [0.5, 0.6) is 0 Å². The van der Waals surface area contributed by atoms with E-state index in [2.05, 4.69) is 34.5 Å². The Kier molecular flexibility index (Phi) is 12.2. The summed E-state index contributed by atoms with van der Waals surface area (Å²) in [7, 11) is 3.85. The molecule has 1 unspecified atom stereocenters. The third-order valence-corrected chi connectivity index (χ3v) is 3.56. The molecule has 6 heteroatoms. The summed E-state index contributed by atoms with van der Waals surface area (Å²) in [6.45, 7) is 5.77. The van der Waals surface area contributed by atoms with Crippen molar-refractivity contribution in [1.29, 1.82) is 0 Å². The molecule has 0 saturated heterocycles. The Morgan fingerprint density at radius 3 is 2.50 bits per heavy atom. The first-order valence-corrected chi connectivity index (χ1v) is 7.50. The molecular weight excluding hydrogens is 391 g/mol. The molecule has 1 aromatic carbocycles. The molecule has 22 heavy (non-hydrogen) atoms. The van der Waals surface area contributed by atoms with Gasteiger partial charge in [0.2, 0.25) is 0 Å². The predicted octanol–water partition coefficient (Wildman–Crippen LogP) is 1.50. The van der Waals surface area contributed by atoms with Crippen LogP contribution in [0.15, 0.2) is 35.3 Å². The van der Waals surface area contributed by atoms with Crippen molar-refractivity contribution < 1.29 is 5.11 Å². The van der Waals surface area contributed by atoms with Gasteiger partial charge in [-0.25, -0.2) is 0 Å². The van der Waals surface area contributed by atoms with Crippen molar-refractivity contribution in [2.24, 2.45) is 4.99 Å². The first kappa shape index (κ1) is 21.1. The predicted molar refractivity (Wildman–Crippen MR) is 104 cm³/mol. The van der Waals surface area contributed by atoms with E-state index < -0.39 is 0 Å². The van der Waals surface area contributed by atoms with Crippen LogP contribution in [0.4, 0.5) is 0 Å². The van der Waals surface area contributed by atoms with Crippen LogP contribution in [0, 0.1) is 0 Å². The highest BCUT2D eigenvalue weighted by Crippen LogP contribution is 2.13. The number of guanidine groups is 1. The van der Waals surface area contributed by atoms with Gasteiger partial charge < -0.3 is 20.6 Å². The van der Waals surface area contributed by atoms with Crippen molar-refractivity contribution in [3.8, 4) is 0 Å². The zero-order chi connectivity index (χ0) is 15.5. The normalized spacial score (nSPS) is 12.7. The van der Waals surface area contributed by atoms with E-state index >= 15 is 0 Å². The van der Waals surface area contributed by atoms with E-state index in [0.717, 1.165) is 31.2 Å². The Bertz CT molecular complexity index is 414. The zero-order valence-corrected chi connectivity index (χ0v) is 16.1. The van der Waals surface area contributed by atoms with Crippen LogP contribution in [0.2, 0.25) is 0 Å². The lowest BCUT2D eigenvalue weighted by molar-refractivity contribution is 0.265. The fourth-order valence-corrected chi connectivity index (χ4v) is 1.98. The first-order valence-electron chi connectivity index (χ1n) is 7.50. The summed E-state index contributed by atoms with van der Waals surface area (Å²) in [6, 6.07) is 10.0. The summed E-state index contributed by atoms with van der Waals surface area (Å²) >= 11 is 0. The maximum Gasteiger partial charge on any atom is 0.191 e. The van der Waals surface area contributed by atoms with Crippen LogP contribution in [0.3, 0.4) is 0 Å². The molecule has 0 aliphatic carbocycles. The van der Waals surface area contributed by atoms with Gasteiger partial charge in [0, 0.05) is 32.6 Å². The molecule has 0 amide bonds. The van der Waals surface area contributed by atoms with Crippen LogP contribution in [-0.4, -0.2) is 62.8 Å². The molecule has 1 rings (SSSR count). The topological polar surface area (TPSA) is 59.9 Å². The summed E-state index contributed by atoms with van der Waals surface area (Å²) < 4.78 is 0. The fourth-order valence-electron chi connectivity index (χ4n) is 1.98. The Balaban J connectivity index is 0.00000441. The summed E-state index contributed by atoms with van der Waals surface area (Å²) in [4.78, 5) is 6.44. The second-order valence-corrected chi connectivity index (χ2v) is 5.07. The zero-order valence-electron chi connectivity index (χ0n) is 13.7. The van der Waals surface area contributed by atoms with E-state index in [1.165, 1.54) is 0 Å². The standard InChI is InChI=1S/C16H28N4O.HI/c1-4-20(3)11-10-18-16(17-2)19-12-15(13-21)14-8-6-5-7-9-14;/h5-9,15,21H,4,10-13H2,1-3H3,(H2,17,18,19);1H. The molecule has 1 atom stereocenters. The number of hydrogen-bond acceptors (Lipinski definition) is 3. The number of halogens is 1. The second-order valence-electron chi connectivity index (χ2n) is 5.07. The van der Waals surface area contributed by atoms with Crippen molar-refractivity contribution in [3.05, 3.63) is 35.9 Å². The van der Waals surface area contributed by atoms with Crippen LogP contribution >= 0.6 is 24.0 Å². The van der Waals surface area contributed by atoms with Gasteiger partial charge in [0.15, 0.2) is 5.96 Å².